The second-order valence-corrected chi connectivity index (χ2v) is 5.74. The summed E-state index contributed by atoms with van der Waals surface area (Å²) < 4.78 is 16.9. The molecule has 6 heteroatoms. The Hall–Kier alpha value is 0.0700. The second kappa shape index (κ2) is 5.97. The molecule has 1 aliphatic heterocycles. The number of nitrogens with zero attached hydrogens (tertiary/aromatic N) is 1. The largest absolute Gasteiger partial charge is 0.342 e. The molecule has 5 nitrogen and oxygen atoms in total. The molecule has 0 bridgehead atoms. The highest BCUT2D eigenvalue weighted by molar-refractivity contribution is 7.52. The summed E-state index contributed by atoms with van der Waals surface area (Å²) in [5.41, 5.74) is 0. The number of rotatable bonds is 5. The van der Waals surface area contributed by atoms with Gasteiger partial charge in [-0.25, -0.2) is 0 Å². The van der Waals surface area contributed by atoms with Crippen molar-refractivity contribution in [2.75, 3.05) is 32.5 Å². The molecular weight excluding hydrogens is 215 g/mol. The molecule has 0 aliphatic carbocycles. The molecule has 2 atom stereocenters. The van der Waals surface area contributed by atoms with Crippen LogP contribution in [0.4, 0.5) is 0 Å². The Labute approximate surface area is 91.3 Å². The van der Waals surface area contributed by atoms with E-state index < -0.39 is 7.60 Å². The van der Waals surface area contributed by atoms with Gasteiger partial charge >= 0.3 is 7.60 Å². The minimum atomic E-state index is -3.44. The maximum absolute atomic E-state index is 11.7. The van der Waals surface area contributed by atoms with Crippen molar-refractivity contribution in [3.8, 4) is 0 Å². The predicted molar refractivity (Wildman–Crippen MR) is 60.0 cm³/mol. The average molecular weight is 236 g/mol. The lowest BCUT2D eigenvalue weighted by molar-refractivity contribution is 0.167. The molecule has 1 rings (SSSR count). The van der Waals surface area contributed by atoms with Gasteiger partial charge in [0.1, 0.15) is 6.29 Å². The van der Waals surface area contributed by atoms with Gasteiger partial charge < -0.3 is 14.7 Å². The molecule has 1 aliphatic rings. The SMILES string of the molecule is CCC(C)OP(=O)(O)CN1CCNCC1. The summed E-state index contributed by atoms with van der Waals surface area (Å²) in [5, 5.41) is 3.20. The first-order valence-electron chi connectivity index (χ1n) is 5.47. The smallest absolute Gasteiger partial charge is 0.323 e. The number of hydrogen-bond donors (Lipinski definition) is 2. The van der Waals surface area contributed by atoms with Gasteiger partial charge in [-0.3, -0.25) is 9.46 Å². The van der Waals surface area contributed by atoms with E-state index in [4.69, 9.17) is 4.52 Å². The summed E-state index contributed by atoms with van der Waals surface area (Å²) in [6, 6.07) is 0. The molecule has 0 aromatic rings. The minimum absolute atomic E-state index is 0.149. The average Bonchev–Trinajstić information content (AvgIpc) is 2.17. The third-order valence-electron chi connectivity index (χ3n) is 2.51. The van der Waals surface area contributed by atoms with E-state index in [-0.39, 0.29) is 12.4 Å². The van der Waals surface area contributed by atoms with Crippen molar-refractivity contribution in [1.29, 1.82) is 0 Å². The highest BCUT2D eigenvalue weighted by atomic mass is 31.2. The van der Waals surface area contributed by atoms with Crippen LogP contribution in [-0.4, -0.2) is 48.4 Å². The van der Waals surface area contributed by atoms with Crippen molar-refractivity contribution in [1.82, 2.24) is 10.2 Å². The van der Waals surface area contributed by atoms with Gasteiger partial charge in [0.05, 0.1) is 6.10 Å². The Bertz CT molecular complexity index is 231. The zero-order valence-electron chi connectivity index (χ0n) is 9.48. The molecule has 0 aromatic heterocycles. The van der Waals surface area contributed by atoms with E-state index in [0.717, 1.165) is 32.6 Å². The van der Waals surface area contributed by atoms with E-state index in [1.807, 2.05) is 18.7 Å². The van der Waals surface area contributed by atoms with Crippen molar-refractivity contribution < 1.29 is 14.0 Å². The molecule has 0 aromatic carbocycles. The van der Waals surface area contributed by atoms with Crippen LogP contribution in [0, 0.1) is 0 Å². The first-order valence-corrected chi connectivity index (χ1v) is 7.23. The topological polar surface area (TPSA) is 61.8 Å². The maximum Gasteiger partial charge on any atom is 0.342 e. The van der Waals surface area contributed by atoms with Crippen LogP contribution >= 0.6 is 7.60 Å². The van der Waals surface area contributed by atoms with Gasteiger partial charge in [0, 0.05) is 26.2 Å². The van der Waals surface area contributed by atoms with Crippen molar-refractivity contribution in [3.05, 3.63) is 0 Å². The quantitative estimate of drug-likeness (QED) is 0.693. The Morgan fingerprint density at radius 1 is 1.53 bits per heavy atom. The zero-order chi connectivity index (χ0) is 11.3. The first-order chi connectivity index (χ1) is 7.03. The summed E-state index contributed by atoms with van der Waals surface area (Å²) in [6.45, 7) is 7.14. The van der Waals surface area contributed by atoms with Gasteiger partial charge in [0.15, 0.2) is 0 Å². The third kappa shape index (κ3) is 5.09. The van der Waals surface area contributed by atoms with E-state index >= 15 is 0 Å². The van der Waals surface area contributed by atoms with E-state index in [1.165, 1.54) is 0 Å². The highest BCUT2D eigenvalue weighted by Gasteiger charge is 2.26. The molecule has 0 radical (unpaired) electrons. The second-order valence-electron chi connectivity index (χ2n) is 3.97. The van der Waals surface area contributed by atoms with Crippen LogP contribution in [-0.2, 0) is 9.09 Å². The summed E-state index contributed by atoms with van der Waals surface area (Å²) in [6.07, 6.45) is 0.759. The number of hydrogen-bond acceptors (Lipinski definition) is 4. The number of nitrogens with one attached hydrogen (secondary N) is 1. The molecule has 15 heavy (non-hydrogen) atoms. The fourth-order valence-electron chi connectivity index (χ4n) is 1.49. The van der Waals surface area contributed by atoms with Crippen LogP contribution in [0.25, 0.3) is 0 Å². The van der Waals surface area contributed by atoms with Gasteiger partial charge in [-0.2, -0.15) is 0 Å². The van der Waals surface area contributed by atoms with Gasteiger partial charge in [0.25, 0.3) is 0 Å². The normalized spacial score (nSPS) is 24.7. The molecule has 1 fully saturated rings. The summed E-state index contributed by atoms with van der Waals surface area (Å²) >= 11 is 0. The Morgan fingerprint density at radius 3 is 2.67 bits per heavy atom. The molecule has 0 amide bonds. The summed E-state index contributed by atoms with van der Waals surface area (Å²) in [7, 11) is -3.44. The highest BCUT2D eigenvalue weighted by Crippen LogP contribution is 2.44. The lowest BCUT2D eigenvalue weighted by atomic mass is 10.3. The lowest BCUT2D eigenvalue weighted by Gasteiger charge is -2.29. The van der Waals surface area contributed by atoms with Gasteiger partial charge in [-0.1, -0.05) is 6.92 Å². The molecular formula is C9H21N2O3P. The van der Waals surface area contributed by atoms with E-state index in [0.29, 0.717) is 0 Å². The Kier molecular flexibility index (Phi) is 5.23. The van der Waals surface area contributed by atoms with Crippen LogP contribution in [0.5, 0.6) is 0 Å². The molecule has 0 spiro atoms. The molecule has 1 heterocycles. The van der Waals surface area contributed by atoms with Crippen molar-refractivity contribution in [2.24, 2.45) is 0 Å². The third-order valence-corrected chi connectivity index (χ3v) is 3.95. The Balaban J connectivity index is 2.36. The molecule has 1 saturated heterocycles. The fourth-order valence-corrected chi connectivity index (χ4v) is 3.06. The maximum atomic E-state index is 11.7. The van der Waals surface area contributed by atoms with Crippen molar-refractivity contribution in [3.63, 3.8) is 0 Å². The van der Waals surface area contributed by atoms with Gasteiger partial charge in [-0.05, 0) is 13.3 Å². The first kappa shape index (κ1) is 13.1. The van der Waals surface area contributed by atoms with Crippen molar-refractivity contribution >= 4 is 7.60 Å². The van der Waals surface area contributed by atoms with Gasteiger partial charge in [-0.15, -0.1) is 0 Å². The Morgan fingerprint density at radius 2 is 2.13 bits per heavy atom. The van der Waals surface area contributed by atoms with E-state index in [9.17, 15) is 9.46 Å². The van der Waals surface area contributed by atoms with Gasteiger partial charge in [0.2, 0.25) is 0 Å². The molecule has 90 valence electrons. The van der Waals surface area contributed by atoms with E-state index in [2.05, 4.69) is 5.32 Å². The summed E-state index contributed by atoms with van der Waals surface area (Å²) in [4.78, 5) is 11.6. The van der Waals surface area contributed by atoms with E-state index in [1.54, 1.807) is 0 Å². The molecule has 2 unspecified atom stereocenters. The predicted octanol–water partition coefficient (Wildman–Crippen LogP) is 0.850. The van der Waals surface area contributed by atoms with Crippen LogP contribution < -0.4 is 5.32 Å². The van der Waals surface area contributed by atoms with Crippen molar-refractivity contribution in [2.45, 2.75) is 26.4 Å². The fraction of sp³-hybridized carbons (Fsp3) is 1.00. The van der Waals surface area contributed by atoms with Crippen LogP contribution in [0.3, 0.4) is 0 Å². The minimum Gasteiger partial charge on any atom is -0.323 e. The number of piperazine rings is 1. The molecule has 0 saturated carbocycles. The lowest BCUT2D eigenvalue weighted by Crippen LogP contribution is -2.43. The zero-order valence-corrected chi connectivity index (χ0v) is 10.4. The van der Waals surface area contributed by atoms with Crippen LogP contribution in [0.2, 0.25) is 0 Å². The monoisotopic (exact) mass is 236 g/mol. The standard InChI is InChI=1S/C9H21N2O3P/c1-3-9(2)14-15(12,13)8-11-6-4-10-5-7-11/h9-10H,3-8H2,1-2H3,(H,12,13). The van der Waals surface area contributed by atoms with Crippen LogP contribution in [0.15, 0.2) is 0 Å². The molecule has 2 N–H and O–H groups in total. The van der Waals surface area contributed by atoms with Crippen LogP contribution in [0.1, 0.15) is 20.3 Å². The summed E-state index contributed by atoms with van der Waals surface area (Å²) in [5.74, 6) is 0.